The minimum absolute atomic E-state index is 0.410. The number of guanidine groups is 1. The number of alkyl halides is 3. The Morgan fingerprint density at radius 1 is 1.14 bits per heavy atom. The van der Waals surface area contributed by atoms with Crippen molar-refractivity contribution in [2.45, 2.75) is 45.8 Å². The zero-order valence-corrected chi connectivity index (χ0v) is 14.1. The molecule has 130 valence electrons. The molecule has 0 aromatic carbocycles. The summed E-state index contributed by atoms with van der Waals surface area (Å²) in [4.78, 5) is 7.76. The van der Waals surface area contributed by atoms with Crippen LogP contribution < -0.4 is 5.32 Å². The maximum absolute atomic E-state index is 12.7. The highest BCUT2D eigenvalue weighted by Gasteiger charge is 2.40. The summed E-state index contributed by atoms with van der Waals surface area (Å²) in [6.45, 7) is 8.43. The highest BCUT2D eigenvalue weighted by atomic mass is 19.4. The molecule has 0 aromatic rings. The monoisotopic (exact) mass is 322 g/mol. The summed E-state index contributed by atoms with van der Waals surface area (Å²) in [7, 11) is 1.72. The second-order valence-corrected chi connectivity index (χ2v) is 6.25. The van der Waals surface area contributed by atoms with Crippen LogP contribution in [0, 0.1) is 5.92 Å². The maximum atomic E-state index is 12.7. The topological polar surface area (TPSA) is 30.9 Å². The van der Waals surface area contributed by atoms with E-state index in [0.717, 1.165) is 25.3 Å². The minimum atomic E-state index is -4.15. The Hall–Kier alpha value is -0.980. The van der Waals surface area contributed by atoms with Crippen LogP contribution in [0.5, 0.6) is 0 Å². The Morgan fingerprint density at radius 3 is 2.18 bits per heavy atom. The first-order valence-electron chi connectivity index (χ1n) is 8.02. The van der Waals surface area contributed by atoms with Gasteiger partial charge in [-0.3, -0.25) is 9.89 Å². The molecule has 1 N–H and O–H groups in total. The summed E-state index contributed by atoms with van der Waals surface area (Å²) in [5.74, 6) is 1.47. The lowest BCUT2D eigenvalue weighted by molar-refractivity contribution is -0.181. The van der Waals surface area contributed by atoms with Gasteiger partial charge in [-0.1, -0.05) is 13.8 Å². The summed E-state index contributed by atoms with van der Waals surface area (Å²) < 4.78 is 38.2. The fourth-order valence-corrected chi connectivity index (χ4v) is 2.57. The van der Waals surface area contributed by atoms with Gasteiger partial charge in [0, 0.05) is 39.8 Å². The van der Waals surface area contributed by atoms with Gasteiger partial charge in [0.2, 0.25) is 0 Å². The van der Waals surface area contributed by atoms with Crippen molar-refractivity contribution in [3.8, 4) is 0 Å². The molecule has 4 nitrogen and oxygen atoms in total. The van der Waals surface area contributed by atoms with E-state index in [1.165, 1.54) is 11.8 Å². The normalized spacial score (nSPS) is 19.6. The van der Waals surface area contributed by atoms with Gasteiger partial charge < -0.3 is 10.2 Å². The van der Waals surface area contributed by atoms with Crippen LogP contribution in [-0.4, -0.2) is 67.7 Å². The first-order valence-corrected chi connectivity index (χ1v) is 8.02. The van der Waals surface area contributed by atoms with E-state index in [1.54, 1.807) is 7.05 Å². The molecule has 22 heavy (non-hydrogen) atoms. The molecule has 1 atom stereocenters. The summed E-state index contributed by atoms with van der Waals surface area (Å²) in [5.41, 5.74) is 0. The third-order valence-electron chi connectivity index (χ3n) is 4.09. The molecule has 1 aliphatic rings. The summed E-state index contributed by atoms with van der Waals surface area (Å²) in [5, 5.41) is 3.30. The molecule has 1 heterocycles. The quantitative estimate of drug-likeness (QED) is 0.479. The van der Waals surface area contributed by atoms with Crippen LogP contribution >= 0.6 is 0 Å². The van der Waals surface area contributed by atoms with E-state index in [9.17, 15) is 13.2 Å². The molecule has 0 aromatic heterocycles. The van der Waals surface area contributed by atoms with Gasteiger partial charge >= 0.3 is 6.18 Å². The number of hydrogen-bond acceptors (Lipinski definition) is 2. The maximum Gasteiger partial charge on any atom is 0.403 e. The van der Waals surface area contributed by atoms with Crippen LogP contribution in [0.15, 0.2) is 4.99 Å². The van der Waals surface area contributed by atoms with Gasteiger partial charge in [0.15, 0.2) is 5.96 Å². The van der Waals surface area contributed by atoms with Crippen molar-refractivity contribution in [1.82, 2.24) is 15.1 Å². The number of nitrogens with zero attached hydrogens (tertiary/aromatic N) is 3. The third kappa shape index (κ3) is 6.02. The average molecular weight is 322 g/mol. The van der Waals surface area contributed by atoms with Crippen molar-refractivity contribution in [2.75, 3.05) is 39.8 Å². The van der Waals surface area contributed by atoms with Crippen molar-refractivity contribution in [3.05, 3.63) is 0 Å². The molecular formula is C15H29F3N4. The van der Waals surface area contributed by atoms with E-state index in [0.29, 0.717) is 32.1 Å². The van der Waals surface area contributed by atoms with Gasteiger partial charge in [-0.05, 0) is 25.7 Å². The largest absolute Gasteiger partial charge is 0.403 e. The van der Waals surface area contributed by atoms with E-state index in [2.05, 4.69) is 24.2 Å². The zero-order chi connectivity index (χ0) is 16.8. The van der Waals surface area contributed by atoms with Crippen LogP contribution in [0.3, 0.4) is 0 Å². The van der Waals surface area contributed by atoms with Gasteiger partial charge in [-0.25, -0.2) is 0 Å². The van der Waals surface area contributed by atoms with E-state index >= 15 is 0 Å². The first kappa shape index (κ1) is 19.1. The van der Waals surface area contributed by atoms with Gasteiger partial charge in [0.25, 0.3) is 0 Å². The van der Waals surface area contributed by atoms with Gasteiger partial charge in [-0.15, -0.1) is 0 Å². The number of nitrogens with one attached hydrogen (secondary N) is 1. The molecule has 0 aliphatic carbocycles. The summed E-state index contributed by atoms with van der Waals surface area (Å²) in [6.07, 6.45) is -1.93. The van der Waals surface area contributed by atoms with Crippen LogP contribution in [0.2, 0.25) is 0 Å². The Bertz CT molecular complexity index is 347. The van der Waals surface area contributed by atoms with Crippen LogP contribution in [0.4, 0.5) is 13.2 Å². The molecular weight excluding hydrogens is 293 g/mol. The SMILES string of the molecule is CN=C(NCCCC(C)C)N1CCN(C(C)C(F)(F)F)CC1. The fraction of sp³-hybridized carbons (Fsp3) is 0.933. The Labute approximate surface area is 131 Å². The third-order valence-corrected chi connectivity index (χ3v) is 4.09. The van der Waals surface area contributed by atoms with Crippen LogP contribution in [0.25, 0.3) is 0 Å². The minimum Gasteiger partial charge on any atom is -0.356 e. The number of piperazine rings is 1. The molecule has 0 amide bonds. The van der Waals surface area contributed by atoms with E-state index in [1.807, 2.05) is 4.90 Å². The lowest BCUT2D eigenvalue weighted by atomic mass is 10.1. The molecule has 0 saturated carbocycles. The van der Waals surface area contributed by atoms with E-state index in [-0.39, 0.29) is 0 Å². The lowest BCUT2D eigenvalue weighted by Gasteiger charge is -2.39. The van der Waals surface area contributed by atoms with E-state index < -0.39 is 12.2 Å². The number of rotatable bonds is 5. The van der Waals surface area contributed by atoms with E-state index in [4.69, 9.17) is 0 Å². The summed E-state index contributed by atoms with van der Waals surface area (Å²) in [6, 6.07) is -1.38. The molecule has 1 unspecified atom stereocenters. The zero-order valence-electron chi connectivity index (χ0n) is 14.1. The second kappa shape index (κ2) is 8.60. The standard InChI is InChI=1S/C15H29F3N4/c1-12(2)6-5-7-20-14(19-4)22-10-8-21(9-11-22)13(3)15(16,17)18/h12-13H,5-11H2,1-4H3,(H,19,20). The smallest absolute Gasteiger partial charge is 0.356 e. The molecule has 1 rings (SSSR count). The first-order chi connectivity index (χ1) is 10.3. The summed E-state index contributed by atoms with van der Waals surface area (Å²) >= 11 is 0. The average Bonchev–Trinajstić information content (AvgIpc) is 2.46. The fourth-order valence-electron chi connectivity index (χ4n) is 2.57. The lowest BCUT2D eigenvalue weighted by Crippen LogP contribution is -2.56. The molecule has 0 spiro atoms. The highest BCUT2D eigenvalue weighted by molar-refractivity contribution is 5.79. The molecule has 1 fully saturated rings. The Morgan fingerprint density at radius 2 is 1.73 bits per heavy atom. The molecule has 1 saturated heterocycles. The van der Waals surface area contributed by atoms with Crippen molar-refractivity contribution in [2.24, 2.45) is 10.9 Å². The molecule has 7 heteroatoms. The van der Waals surface area contributed by atoms with Gasteiger partial charge in [-0.2, -0.15) is 13.2 Å². The Kier molecular flexibility index (Phi) is 7.45. The van der Waals surface area contributed by atoms with Gasteiger partial charge in [0.1, 0.15) is 6.04 Å². The number of hydrogen-bond donors (Lipinski definition) is 1. The second-order valence-electron chi connectivity index (χ2n) is 6.25. The molecule has 0 radical (unpaired) electrons. The number of aliphatic imine (C=N–C) groups is 1. The molecule has 0 bridgehead atoms. The van der Waals surface area contributed by atoms with Crippen molar-refractivity contribution in [1.29, 1.82) is 0 Å². The van der Waals surface area contributed by atoms with Crippen molar-refractivity contribution < 1.29 is 13.2 Å². The van der Waals surface area contributed by atoms with Crippen LogP contribution in [-0.2, 0) is 0 Å². The predicted octanol–water partition coefficient (Wildman–Crippen LogP) is 2.57. The predicted molar refractivity (Wildman–Crippen MR) is 84.1 cm³/mol. The number of halogens is 3. The van der Waals surface area contributed by atoms with Crippen molar-refractivity contribution in [3.63, 3.8) is 0 Å². The Balaban J connectivity index is 2.39. The van der Waals surface area contributed by atoms with Crippen molar-refractivity contribution >= 4 is 5.96 Å². The highest BCUT2D eigenvalue weighted by Crippen LogP contribution is 2.25. The molecule has 1 aliphatic heterocycles. The van der Waals surface area contributed by atoms with Gasteiger partial charge in [0.05, 0.1) is 0 Å². The van der Waals surface area contributed by atoms with Crippen LogP contribution in [0.1, 0.15) is 33.6 Å².